The molecule has 3 heteroatoms. The van der Waals surface area contributed by atoms with Crippen LogP contribution < -0.4 is 9.64 Å². The molecule has 0 amide bonds. The Kier molecular flexibility index (Phi) is 3.13. The Bertz CT molecular complexity index is 388. The van der Waals surface area contributed by atoms with Crippen molar-refractivity contribution in [3.8, 4) is 5.75 Å². The van der Waals surface area contributed by atoms with Crippen molar-refractivity contribution in [2.75, 3.05) is 25.6 Å². The van der Waals surface area contributed by atoms with Gasteiger partial charge in [-0.25, -0.2) is 0 Å². The molecule has 1 heterocycles. The summed E-state index contributed by atoms with van der Waals surface area (Å²) < 4.78 is 5.65. The first-order valence-electron chi connectivity index (χ1n) is 5.60. The first kappa shape index (κ1) is 11.0. The number of fused-ring (bicyclic) bond motifs is 1. The van der Waals surface area contributed by atoms with Crippen LogP contribution in [-0.4, -0.2) is 27.0 Å². The van der Waals surface area contributed by atoms with Crippen molar-refractivity contribution >= 4 is 12.0 Å². The summed E-state index contributed by atoms with van der Waals surface area (Å²) in [6, 6.07) is 6.20. The van der Waals surface area contributed by atoms with E-state index in [1.165, 1.54) is 5.56 Å². The fraction of sp³-hybridized carbons (Fsp3) is 0.462. The molecule has 0 radical (unpaired) electrons. The number of aldehydes is 1. The van der Waals surface area contributed by atoms with Crippen LogP contribution in [-0.2, 0) is 4.79 Å². The molecule has 1 atom stereocenters. The molecule has 1 aliphatic heterocycles. The Morgan fingerprint density at radius 2 is 2.31 bits per heavy atom. The number of carbonyl (C=O) groups is 1. The van der Waals surface area contributed by atoms with Gasteiger partial charge in [0.05, 0.1) is 6.61 Å². The van der Waals surface area contributed by atoms with E-state index < -0.39 is 0 Å². The monoisotopic (exact) mass is 219 g/mol. The van der Waals surface area contributed by atoms with Crippen LogP contribution in [0.4, 0.5) is 5.69 Å². The maximum atomic E-state index is 10.6. The second kappa shape index (κ2) is 4.56. The van der Waals surface area contributed by atoms with Gasteiger partial charge in [0.15, 0.2) is 0 Å². The summed E-state index contributed by atoms with van der Waals surface area (Å²) in [4.78, 5) is 12.7. The maximum absolute atomic E-state index is 10.6. The Morgan fingerprint density at radius 1 is 1.50 bits per heavy atom. The number of hydrogen-bond donors (Lipinski definition) is 0. The number of benzene rings is 1. The maximum Gasteiger partial charge on any atom is 0.124 e. The second-order valence-electron chi connectivity index (χ2n) is 4.35. The molecule has 0 saturated heterocycles. The van der Waals surface area contributed by atoms with Crippen molar-refractivity contribution in [2.24, 2.45) is 0 Å². The Morgan fingerprint density at radius 3 is 3.00 bits per heavy atom. The molecule has 0 saturated carbocycles. The molecular weight excluding hydrogens is 202 g/mol. The Balaban J connectivity index is 2.32. The fourth-order valence-electron chi connectivity index (χ4n) is 2.09. The predicted octanol–water partition coefficient (Wildman–Crippen LogP) is 2.21. The minimum Gasteiger partial charge on any atom is -0.493 e. The first-order chi connectivity index (χ1) is 7.72. The predicted molar refractivity (Wildman–Crippen MR) is 64.3 cm³/mol. The lowest BCUT2D eigenvalue weighted by Gasteiger charge is -2.26. The third-order valence-corrected chi connectivity index (χ3v) is 3.06. The molecule has 2 rings (SSSR count). The van der Waals surface area contributed by atoms with E-state index in [1.807, 2.05) is 25.1 Å². The smallest absolute Gasteiger partial charge is 0.124 e. The van der Waals surface area contributed by atoms with Gasteiger partial charge in [-0.05, 0) is 24.0 Å². The van der Waals surface area contributed by atoms with Crippen molar-refractivity contribution in [3.63, 3.8) is 0 Å². The molecule has 86 valence electrons. The molecule has 0 bridgehead atoms. The zero-order valence-corrected chi connectivity index (χ0v) is 9.77. The van der Waals surface area contributed by atoms with E-state index in [0.717, 1.165) is 24.1 Å². The van der Waals surface area contributed by atoms with Crippen LogP contribution in [0.2, 0.25) is 0 Å². The van der Waals surface area contributed by atoms with Crippen LogP contribution in [0.25, 0.3) is 0 Å². The van der Waals surface area contributed by atoms with E-state index in [2.05, 4.69) is 12.1 Å². The van der Waals surface area contributed by atoms with Crippen LogP contribution in [0.15, 0.2) is 18.2 Å². The van der Waals surface area contributed by atoms with Gasteiger partial charge in [-0.3, -0.25) is 0 Å². The third-order valence-electron chi connectivity index (χ3n) is 3.06. The van der Waals surface area contributed by atoms with Gasteiger partial charge in [0.2, 0.25) is 0 Å². The summed E-state index contributed by atoms with van der Waals surface area (Å²) in [6.45, 7) is 0.711. The van der Waals surface area contributed by atoms with Crippen molar-refractivity contribution in [1.29, 1.82) is 0 Å². The largest absolute Gasteiger partial charge is 0.493 e. The molecule has 1 unspecified atom stereocenters. The summed E-state index contributed by atoms with van der Waals surface area (Å²) >= 11 is 0. The van der Waals surface area contributed by atoms with Gasteiger partial charge < -0.3 is 14.4 Å². The number of anilines is 1. The number of rotatable bonds is 3. The van der Waals surface area contributed by atoms with E-state index in [4.69, 9.17) is 4.74 Å². The van der Waals surface area contributed by atoms with Crippen LogP contribution >= 0.6 is 0 Å². The lowest BCUT2D eigenvalue weighted by molar-refractivity contribution is -0.108. The van der Waals surface area contributed by atoms with Gasteiger partial charge >= 0.3 is 0 Å². The van der Waals surface area contributed by atoms with Crippen LogP contribution in [0.1, 0.15) is 24.3 Å². The highest BCUT2D eigenvalue weighted by Gasteiger charge is 2.21. The molecule has 0 aromatic heterocycles. The van der Waals surface area contributed by atoms with Gasteiger partial charge in [0.1, 0.15) is 12.0 Å². The molecule has 0 fully saturated rings. The zero-order chi connectivity index (χ0) is 11.5. The van der Waals surface area contributed by atoms with E-state index in [0.29, 0.717) is 18.9 Å². The van der Waals surface area contributed by atoms with Crippen molar-refractivity contribution in [1.82, 2.24) is 0 Å². The van der Waals surface area contributed by atoms with E-state index in [9.17, 15) is 4.79 Å². The molecule has 1 aliphatic rings. The number of nitrogens with zero attached hydrogens (tertiary/aromatic N) is 1. The average Bonchev–Trinajstić information content (AvgIpc) is 2.29. The summed E-state index contributed by atoms with van der Waals surface area (Å²) in [5.74, 6) is 1.27. The molecule has 0 spiro atoms. The molecule has 3 nitrogen and oxygen atoms in total. The highest BCUT2D eigenvalue weighted by molar-refractivity contribution is 5.57. The van der Waals surface area contributed by atoms with E-state index in [1.54, 1.807) is 0 Å². The zero-order valence-electron chi connectivity index (χ0n) is 9.77. The van der Waals surface area contributed by atoms with Gasteiger partial charge in [-0.1, -0.05) is 6.07 Å². The lowest BCUT2D eigenvalue weighted by atomic mass is 9.90. The number of carbonyl (C=O) groups excluding carboxylic acids is 1. The molecule has 16 heavy (non-hydrogen) atoms. The number of ether oxygens (including phenoxy) is 1. The summed E-state index contributed by atoms with van der Waals surface area (Å²) in [5, 5.41) is 0. The van der Waals surface area contributed by atoms with Gasteiger partial charge in [-0.15, -0.1) is 0 Å². The highest BCUT2D eigenvalue weighted by atomic mass is 16.5. The van der Waals surface area contributed by atoms with Crippen LogP contribution in [0.3, 0.4) is 0 Å². The summed E-state index contributed by atoms with van der Waals surface area (Å²) in [6.07, 6.45) is 2.53. The quantitative estimate of drug-likeness (QED) is 0.730. The third kappa shape index (κ3) is 2.03. The SMILES string of the molecule is CN(C)c1ccc2c(c1)OCCC2CC=O. The number of hydrogen-bond acceptors (Lipinski definition) is 3. The molecule has 0 N–H and O–H groups in total. The van der Waals surface area contributed by atoms with Crippen molar-refractivity contribution < 1.29 is 9.53 Å². The molecule has 1 aromatic carbocycles. The Labute approximate surface area is 96.0 Å². The van der Waals surface area contributed by atoms with Crippen molar-refractivity contribution in [3.05, 3.63) is 23.8 Å². The van der Waals surface area contributed by atoms with Crippen molar-refractivity contribution in [2.45, 2.75) is 18.8 Å². The minimum absolute atomic E-state index is 0.331. The minimum atomic E-state index is 0.331. The first-order valence-corrected chi connectivity index (χ1v) is 5.60. The van der Waals surface area contributed by atoms with Crippen LogP contribution in [0.5, 0.6) is 5.75 Å². The average molecular weight is 219 g/mol. The highest BCUT2D eigenvalue weighted by Crippen LogP contribution is 2.37. The van der Waals surface area contributed by atoms with Crippen LogP contribution in [0, 0.1) is 0 Å². The second-order valence-corrected chi connectivity index (χ2v) is 4.35. The van der Waals surface area contributed by atoms with E-state index in [-0.39, 0.29) is 0 Å². The normalized spacial score (nSPS) is 18.5. The fourth-order valence-corrected chi connectivity index (χ4v) is 2.09. The standard InChI is InChI=1S/C13H17NO2/c1-14(2)11-3-4-12-10(5-7-15)6-8-16-13(12)9-11/h3-4,7,9-10H,5-6,8H2,1-2H3. The molecule has 0 aliphatic carbocycles. The summed E-state index contributed by atoms with van der Waals surface area (Å²) in [7, 11) is 4.01. The van der Waals surface area contributed by atoms with Gasteiger partial charge in [0.25, 0.3) is 0 Å². The lowest BCUT2D eigenvalue weighted by Crippen LogP contribution is -2.16. The molecular formula is C13H17NO2. The van der Waals surface area contributed by atoms with E-state index >= 15 is 0 Å². The molecule has 1 aromatic rings. The Hall–Kier alpha value is -1.51. The van der Waals surface area contributed by atoms with Gasteiger partial charge in [0, 0.05) is 32.3 Å². The van der Waals surface area contributed by atoms with Gasteiger partial charge in [-0.2, -0.15) is 0 Å². The summed E-state index contributed by atoms with van der Waals surface area (Å²) in [5.41, 5.74) is 2.30. The topological polar surface area (TPSA) is 29.5 Å².